The van der Waals surface area contributed by atoms with Gasteiger partial charge in [-0.1, -0.05) is 0 Å². The number of nitrogens with one attached hydrogen (secondary N) is 2. The highest BCUT2D eigenvalue weighted by Gasteiger charge is 2.13. The van der Waals surface area contributed by atoms with Gasteiger partial charge in [-0.3, -0.25) is 4.79 Å². The molecule has 0 atom stereocenters. The van der Waals surface area contributed by atoms with Crippen molar-refractivity contribution < 1.29 is 4.79 Å². The van der Waals surface area contributed by atoms with Crippen molar-refractivity contribution >= 4 is 11.9 Å². The van der Waals surface area contributed by atoms with Crippen LogP contribution in [0.1, 0.15) is 26.5 Å². The number of aromatic nitrogens is 2. The Morgan fingerprint density at radius 2 is 2.12 bits per heavy atom. The first-order chi connectivity index (χ1) is 7.37. The lowest BCUT2D eigenvalue weighted by molar-refractivity contribution is -0.120. The van der Waals surface area contributed by atoms with E-state index in [-0.39, 0.29) is 18.0 Å². The number of hydrogen-bond acceptors (Lipinski definition) is 4. The SMILES string of the molecule is Cc1ccnc(NCC(=O)NC(C)(C)C)n1. The van der Waals surface area contributed by atoms with Gasteiger partial charge in [0.05, 0.1) is 6.54 Å². The van der Waals surface area contributed by atoms with Crippen LogP contribution in [-0.4, -0.2) is 28.0 Å². The Kier molecular flexibility index (Phi) is 3.82. The fraction of sp³-hybridized carbons (Fsp3) is 0.545. The van der Waals surface area contributed by atoms with Crippen molar-refractivity contribution in [2.45, 2.75) is 33.2 Å². The molecule has 88 valence electrons. The summed E-state index contributed by atoms with van der Waals surface area (Å²) in [6.45, 7) is 7.87. The first kappa shape index (κ1) is 12.4. The largest absolute Gasteiger partial charge is 0.350 e. The summed E-state index contributed by atoms with van der Waals surface area (Å²) in [6, 6.07) is 1.81. The summed E-state index contributed by atoms with van der Waals surface area (Å²) in [5.74, 6) is 0.404. The molecule has 0 aromatic carbocycles. The lowest BCUT2D eigenvalue weighted by atomic mass is 10.1. The van der Waals surface area contributed by atoms with Gasteiger partial charge in [0, 0.05) is 17.4 Å². The van der Waals surface area contributed by atoms with Gasteiger partial charge in [0.1, 0.15) is 0 Å². The van der Waals surface area contributed by atoms with Gasteiger partial charge in [0.2, 0.25) is 11.9 Å². The molecule has 1 rings (SSSR count). The number of amides is 1. The third kappa shape index (κ3) is 4.72. The van der Waals surface area contributed by atoms with Crippen molar-refractivity contribution in [3.63, 3.8) is 0 Å². The number of anilines is 1. The molecule has 0 aliphatic heterocycles. The predicted molar refractivity (Wildman–Crippen MR) is 63.2 cm³/mol. The van der Waals surface area contributed by atoms with E-state index in [1.165, 1.54) is 0 Å². The number of nitrogens with zero attached hydrogens (tertiary/aromatic N) is 2. The monoisotopic (exact) mass is 222 g/mol. The molecule has 0 fully saturated rings. The molecule has 16 heavy (non-hydrogen) atoms. The average Bonchev–Trinajstić information content (AvgIpc) is 2.12. The molecule has 5 nitrogen and oxygen atoms in total. The molecule has 0 bridgehead atoms. The second-order valence-corrected chi connectivity index (χ2v) is 4.67. The standard InChI is InChI=1S/C11H18N4O/c1-8-5-6-12-10(14-8)13-7-9(16)15-11(2,3)4/h5-6H,7H2,1-4H3,(H,15,16)(H,12,13,14). The van der Waals surface area contributed by atoms with Crippen LogP contribution >= 0.6 is 0 Å². The zero-order valence-corrected chi connectivity index (χ0v) is 10.2. The minimum Gasteiger partial charge on any atom is -0.350 e. The molecule has 0 radical (unpaired) electrons. The zero-order chi connectivity index (χ0) is 12.2. The summed E-state index contributed by atoms with van der Waals surface area (Å²) in [4.78, 5) is 19.6. The van der Waals surface area contributed by atoms with Gasteiger partial charge in [-0.25, -0.2) is 9.97 Å². The van der Waals surface area contributed by atoms with E-state index in [0.717, 1.165) is 5.69 Å². The van der Waals surface area contributed by atoms with Crippen LogP contribution in [0, 0.1) is 6.92 Å². The van der Waals surface area contributed by atoms with Crippen LogP contribution in [0.3, 0.4) is 0 Å². The maximum absolute atomic E-state index is 11.5. The van der Waals surface area contributed by atoms with Crippen LogP contribution < -0.4 is 10.6 Å². The Labute approximate surface area is 95.7 Å². The number of hydrogen-bond donors (Lipinski definition) is 2. The minimum absolute atomic E-state index is 0.0717. The lowest BCUT2D eigenvalue weighted by Crippen LogP contribution is -2.43. The molecule has 0 saturated carbocycles. The van der Waals surface area contributed by atoms with Gasteiger partial charge in [0.15, 0.2) is 0 Å². The highest BCUT2D eigenvalue weighted by molar-refractivity contribution is 5.80. The molecule has 0 aliphatic carbocycles. The zero-order valence-electron chi connectivity index (χ0n) is 10.2. The Balaban J connectivity index is 2.43. The topological polar surface area (TPSA) is 66.9 Å². The van der Waals surface area contributed by atoms with Crippen molar-refractivity contribution in [3.05, 3.63) is 18.0 Å². The number of rotatable bonds is 3. The Morgan fingerprint density at radius 1 is 1.44 bits per heavy atom. The van der Waals surface area contributed by atoms with E-state index in [1.54, 1.807) is 12.3 Å². The molecular formula is C11H18N4O. The van der Waals surface area contributed by atoms with Gasteiger partial charge >= 0.3 is 0 Å². The molecule has 1 aromatic rings. The normalized spacial score (nSPS) is 11.0. The maximum Gasteiger partial charge on any atom is 0.239 e. The molecule has 5 heteroatoms. The average molecular weight is 222 g/mol. The third-order valence-electron chi connectivity index (χ3n) is 1.72. The Hall–Kier alpha value is -1.65. The van der Waals surface area contributed by atoms with Crippen LogP contribution in [0.5, 0.6) is 0 Å². The highest BCUT2D eigenvalue weighted by Crippen LogP contribution is 2.00. The number of carbonyl (C=O) groups excluding carboxylic acids is 1. The van der Waals surface area contributed by atoms with Crippen molar-refractivity contribution in [2.75, 3.05) is 11.9 Å². The summed E-state index contributed by atoms with van der Waals surface area (Å²) in [6.07, 6.45) is 1.66. The van der Waals surface area contributed by atoms with E-state index in [9.17, 15) is 4.79 Å². The summed E-state index contributed by atoms with van der Waals surface area (Å²) in [7, 11) is 0. The van der Waals surface area contributed by atoms with E-state index in [1.807, 2.05) is 27.7 Å². The molecule has 1 amide bonds. The molecule has 0 unspecified atom stereocenters. The van der Waals surface area contributed by atoms with Crippen molar-refractivity contribution in [1.82, 2.24) is 15.3 Å². The van der Waals surface area contributed by atoms with Crippen LogP contribution in [0.4, 0.5) is 5.95 Å². The molecule has 0 spiro atoms. The highest BCUT2D eigenvalue weighted by atomic mass is 16.2. The van der Waals surface area contributed by atoms with E-state index < -0.39 is 0 Å². The van der Waals surface area contributed by atoms with Gasteiger partial charge in [-0.15, -0.1) is 0 Å². The Morgan fingerprint density at radius 3 is 2.69 bits per heavy atom. The van der Waals surface area contributed by atoms with E-state index in [4.69, 9.17) is 0 Å². The number of carbonyl (C=O) groups is 1. The molecular weight excluding hydrogens is 204 g/mol. The second-order valence-electron chi connectivity index (χ2n) is 4.67. The fourth-order valence-corrected chi connectivity index (χ4v) is 1.16. The van der Waals surface area contributed by atoms with Crippen molar-refractivity contribution in [3.8, 4) is 0 Å². The van der Waals surface area contributed by atoms with Crippen molar-refractivity contribution in [1.29, 1.82) is 0 Å². The summed E-state index contributed by atoms with van der Waals surface area (Å²) in [5.41, 5.74) is 0.653. The summed E-state index contributed by atoms with van der Waals surface area (Å²) in [5, 5.41) is 5.72. The maximum atomic E-state index is 11.5. The van der Waals surface area contributed by atoms with E-state index >= 15 is 0 Å². The van der Waals surface area contributed by atoms with Gasteiger partial charge < -0.3 is 10.6 Å². The Bertz CT molecular complexity index is 370. The number of aryl methyl sites for hydroxylation is 1. The fourth-order valence-electron chi connectivity index (χ4n) is 1.16. The van der Waals surface area contributed by atoms with E-state index in [0.29, 0.717) is 5.95 Å². The van der Waals surface area contributed by atoms with E-state index in [2.05, 4.69) is 20.6 Å². The summed E-state index contributed by atoms with van der Waals surface area (Å²) < 4.78 is 0. The minimum atomic E-state index is -0.216. The van der Waals surface area contributed by atoms with Crippen molar-refractivity contribution in [2.24, 2.45) is 0 Å². The first-order valence-electron chi connectivity index (χ1n) is 5.21. The smallest absolute Gasteiger partial charge is 0.239 e. The lowest BCUT2D eigenvalue weighted by Gasteiger charge is -2.20. The summed E-state index contributed by atoms with van der Waals surface area (Å²) >= 11 is 0. The molecule has 2 N–H and O–H groups in total. The third-order valence-corrected chi connectivity index (χ3v) is 1.72. The van der Waals surface area contributed by atoms with Crippen LogP contribution in [0.25, 0.3) is 0 Å². The molecule has 1 heterocycles. The predicted octanol–water partition coefficient (Wildman–Crippen LogP) is 1.11. The first-order valence-corrected chi connectivity index (χ1v) is 5.21. The van der Waals surface area contributed by atoms with Crippen LogP contribution in [0.15, 0.2) is 12.3 Å². The van der Waals surface area contributed by atoms with Crippen LogP contribution in [-0.2, 0) is 4.79 Å². The molecule has 1 aromatic heterocycles. The van der Waals surface area contributed by atoms with Gasteiger partial charge in [-0.05, 0) is 33.8 Å². The molecule has 0 aliphatic rings. The second kappa shape index (κ2) is 4.92. The molecule has 0 saturated heterocycles. The van der Waals surface area contributed by atoms with Gasteiger partial charge in [-0.2, -0.15) is 0 Å². The van der Waals surface area contributed by atoms with Crippen LogP contribution in [0.2, 0.25) is 0 Å². The quantitative estimate of drug-likeness (QED) is 0.804. The van der Waals surface area contributed by atoms with Gasteiger partial charge in [0.25, 0.3) is 0 Å².